The van der Waals surface area contributed by atoms with Gasteiger partial charge in [0.15, 0.2) is 0 Å². The Morgan fingerprint density at radius 2 is 1.67 bits per heavy atom. The van der Waals surface area contributed by atoms with Crippen LogP contribution < -0.4 is 11.2 Å². The minimum atomic E-state index is -0.229. The Kier molecular flexibility index (Phi) is 7.43. The van der Waals surface area contributed by atoms with Gasteiger partial charge in [-0.3, -0.25) is 13.9 Å². The van der Waals surface area contributed by atoms with Gasteiger partial charge in [-0.15, -0.1) is 0 Å². The molecule has 0 saturated heterocycles. The van der Waals surface area contributed by atoms with E-state index >= 15 is 0 Å². The van der Waals surface area contributed by atoms with Crippen molar-refractivity contribution in [1.82, 2.24) is 14.0 Å². The van der Waals surface area contributed by atoms with Gasteiger partial charge in [-0.1, -0.05) is 26.7 Å². The van der Waals surface area contributed by atoms with E-state index in [0.29, 0.717) is 6.54 Å². The standard InChI is InChI=1S/C16H29N3O2/c1-5-18(6-2)11-9-7-8-10-12-19-14(3)13-15(20)17(4)16(19)21/h13H,5-12H2,1-4H3. The highest BCUT2D eigenvalue weighted by Crippen LogP contribution is 2.04. The summed E-state index contributed by atoms with van der Waals surface area (Å²) < 4.78 is 2.87. The number of hydrogen-bond donors (Lipinski definition) is 0. The maximum absolute atomic E-state index is 12.0. The number of hydrogen-bond acceptors (Lipinski definition) is 3. The fraction of sp³-hybridized carbons (Fsp3) is 0.750. The van der Waals surface area contributed by atoms with Crippen molar-refractivity contribution in [1.29, 1.82) is 0 Å². The molecular weight excluding hydrogens is 266 g/mol. The van der Waals surface area contributed by atoms with E-state index in [0.717, 1.165) is 38.2 Å². The Morgan fingerprint density at radius 3 is 2.29 bits per heavy atom. The summed E-state index contributed by atoms with van der Waals surface area (Å²) in [4.78, 5) is 25.9. The highest BCUT2D eigenvalue weighted by Gasteiger charge is 2.05. The number of unbranched alkanes of at least 4 members (excludes halogenated alkanes) is 3. The van der Waals surface area contributed by atoms with E-state index in [1.165, 1.54) is 30.5 Å². The van der Waals surface area contributed by atoms with Crippen LogP contribution >= 0.6 is 0 Å². The second-order valence-electron chi connectivity index (χ2n) is 5.56. The Morgan fingerprint density at radius 1 is 1.05 bits per heavy atom. The summed E-state index contributed by atoms with van der Waals surface area (Å²) in [6.07, 6.45) is 4.51. The van der Waals surface area contributed by atoms with Crippen molar-refractivity contribution >= 4 is 0 Å². The van der Waals surface area contributed by atoms with Crippen LogP contribution in [0.15, 0.2) is 15.7 Å². The van der Waals surface area contributed by atoms with Crippen molar-refractivity contribution in [3.05, 3.63) is 32.6 Å². The van der Waals surface area contributed by atoms with E-state index in [-0.39, 0.29) is 11.2 Å². The largest absolute Gasteiger partial charge is 0.330 e. The average molecular weight is 295 g/mol. The summed E-state index contributed by atoms with van der Waals surface area (Å²) in [7, 11) is 1.53. The average Bonchev–Trinajstić information content (AvgIpc) is 2.47. The lowest BCUT2D eigenvalue weighted by molar-refractivity contribution is 0.295. The molecule has 1 heterocycles. The van der Waals surface area contributed by atoms with Crippen LogP contribution in [0, 0.1) is 6.92 Å². The summed E-state index contributed by atoms with van der Waals surface area (Å²) in [5, 5.41) is 0. The predicted octanol–water partition coefficient (Wildman–Crippen LogP) is 1.76. The van der Waals surface area contributed by atoms with E-state index in [1.54, 1.807) is 4.57 Å². The second kappa shape index (κ2) is 8.82. The van der Waals surface area contributed by atoms with Crippen LogP contribution in [0.5, 0.6) is 0 Å². The Bertz CT molecular complexity index is 541. The van der Waals surface area contributed by atoms with Gasteiger partial charge in [-0.25, -0.2) is 4.79 Å². The van der Waals surface area contributed by atoms with Gasteiger partial charge in [-0.2, -0.15) is 0 Å². The molecule has 120 valence electrons. The minimum Gasteiger partial charge on any atom is -0.304 e. The molecule has 0 fully saturated rings. The molecule has 0 aromatic carbocycles. The second-order valence-corrected chi connectivity index (χ2v) is 5.56. The third-order valence-electron chi connectivity index (χ3n) is 4.11. The maximum Gasteiger partial charge on any atom is 0.330 e. The molecule has 1 aromatic rings. The smallest absolute Gasteiger partial charge is 0.304 e. The number of nitrogens with zero attached hydrogens (tertiary/aromatic N) is 3. The van der Waals surface area contributed by atoms with Gasteiger partial charge in [-0.05, 0) is 39.4 Å². The Hall–Kier alpha value is -1.36. The Balaban J connectivity index is 2.39. The van der Waals surface area contributed by atoms with Crippen molar-refractivity contribution in [2.24, 2.45) is 7.05 Å². The van der Waals surface area contributed by atoms with Gasteiger partial charge in [0.1, 0.15) is 0 Å². The van der Waals surface area contributed by atoms with Crippen LogP contribution in [0.1, 0.15) is 45.2 Å². The molecule has 0 bridgehead atoms. The third kappa shape index (κ3) is 5.16. The fourth-order valence-electron chi connectivity index (χ4n) is 2.55. The summed E-state index contributed by atoms with van der Waals surface area (Å²) in [6, 6.07) is 1.53. The van der Waals surface area contributed by atoms with Gasteiger partial charge >= 0.3 is 5.69 Å². The summed E-state index contributed by atoms with van der Waals surface area (Å²) in [5.74, 6) is 0. The summed E-state index contributed by atoms with van der Waals surface area (Å²) in [6.45, 7) is 10.3. The van der Waals surface area contributed by atoms with Gasteiger partial charge in [0.25, 0.3) is 5.56 Å². The highest BCUT2D eigenvalue weighted by atomic mass is 16.2. The van der Waals surface area contributed by atoms with Gasteiger partial charge in [0.2, 0.25) is 0 Å². The van der Waals surface area contributed by atoms with E-state index in [2.05, 4.69) is 18.7 Å². The van der Waals surface area contributed by atoms with Crippen LogP contribution in [0.4, 0.5) is 0 Å². The monoisotopic (exact) mass is 295 g/mol. The summed E-state index contributed by atoms with van der Waals surface area (Å²) in [5.41, 5.74) is 0.322. The van der Waals surface area contributed by atoms with Crippen LogP contribution in [0.3, 0.4) is 0 Å². The van der Waals surface area contributed by atoms with Crippen LogP contribution in [-0.4, -0.2) is 33.7 Å². The molecule has 0 aliphatic rings. The van der Waals surface area contributed by atoms with Gasteiger partial charge in [0, 0.05) is 25.4 Å². The normalized spacial score (nSPS) is 11.3. The molecule has 0 N–H and O–H groups in total. The van der Waals surface area contributed by atoms with E-state index in [1.807, 2.05) is 6.92 Å². The summed E-state index contributed by atoms with van der Waals surface area (Å²) >= 11 is 0. The zero-order valence-electron chi connectivity index (χ0n) is 13.9. The lowest BCUT2D eigenvalue weighted by Gasteiger charge is -2.17. The van der Waals surface area contributed by atoms with Gasteiger partial charge in [0.05, 0.1) is 0 Å². The quantitative estimate of drug-likeness (QED) is 0.652. The topological polar surface area (TPSA) is 47.2 Å². The minimum absolute atomic E-state index is 0.205. The molecule has 1 rings (SSSR count). The van der Waals surface area contributed by atoms with Crippen LogP contribution in [0.25, 0.3) is 0 Å². The molecule has 0 unspecified atom stereocenters. The first-order valence-electron chi connectivity index (χ1n) is 8.01. The molecule has 0 radical (unpaired) electrons. The first-order chi connectivity index (χ1) is 10.0. The molecule has 5 nitrogen and oxygen atoms in total. The van der Waals surface area contributed by atoms with Gasteiger partial charge < -0.3 is 4.90 Å². The lowest BCUT2D eigenvalue weighted by atomic mass is 10.2. The molecule has 5 heteroatoms. The molecule has 0 aliphatic carbocycles. The van der Waals surface area contributed by atoms with Crippen molar-refractivity contribution in [3.63, 3.8) is 0 Å². The van der Waals surface area contributed by atoms with E-state index in [9.17, 15) is 9.59 Å². The SMILES string of the molecule is CCN(CC)CCCCCCn1c(C)cc(=O)n(C)c1=O. The number of aryl methyl sites for hydroxylation is 1. The molecule has 0 saturated carbocycles. The van der Waals surface area contributed by atoms with E-state index < -0.39 is 0 Å². The molecule has 0 atom stereocenters. The molecule has 0 amide bonds. The van der Waals surface area contributed by atoms with Crippen molar-refractivity contribution < 1.29 is 0 Å². The lowest BCUT2D eigenvalue weighted by Crippen LogP contribution is -2.38. The first-order valence-corrected chi connectivity index (χ1v) is 8.01. The maximum atomic E-state index is 12.0. The van der Waals surface area contributed by atoms with Crippen LogP contribution in [0.2, 0.25) is 0 Å². The van der Waals surface area contributed by atoms with Crippen molar-refractivity contribution in [2.45, 2.75) is 53.0 Å². The fourth-order valence-corrected chi connectivity index (χ4v) is 2.55. The zero-order chi connectivity index (χ0) is 15.8. The van der Waals surface area contributed by atoms with Crippen molar-refractivity contribution in [2.75, 3.05) is 19.6 Å². The molecule has 0 aliphatic heterocycles. The zero-order valence-corrected chi connectivity index (χ0v) is 13.9. The molecule has 0 spiro atoms. The highest BCUT2D eigenvalue weighted by molar-refractivity contribution is 4.99. The van der Waals surface area contributed by atoms with E-state index in [4.69, 9.17) is 0 Å². The van der Waals surface area contributed by atoms with Crippen LogP contribution in [-0.2, 0) is 13.6 Å². The Labute approximate surface area is 127 Å². The third-order valence-corrected chi connectivity index (χ3v) is 4.11. The molecular formula is C16H29N3O2. The predicted molar refractivity (Wildman–Crippen MR) is 86.9 cm³/mol. The number of rotatable bonds is 9. The molecule has 1 aromatic heterocycles. The first kappa shape index (κ1) is 17.7. The molecule has 21 heavy (non-hydrogen) atoms. The number of aromatic nitrogens is 2. The van der Waals surface area contributed by atoms with Crippen molar-refractivity contribution in [3.8, 4) is 0 Å².